The first-order valence-corrected chi connectivity index (χ1v) is 8.31. The van der Waals surface area contributed by atoms with Crippen molar-refractivity contribution in [2.75, 3.05) is 0 Å². The van der Waals surface area contributed by atoms with E-state index in [4.69, 9.17) is 4.98 Å². The van der Waals surface area contributed by atoms with Crippen molar-refractivity contribution in [2.45, 2.75) is 36.2 Å². The first-order valence-electron chi connectivity index (χ1n) is 6.61. The maximum atomic E-state index is 4.70. The van der Waals surface area contributed by atoms with Crippen LogP contribution in [0.4, 0.5) is 0 Å². The number of aromatic nitrogens is 5. The fourth-order valence-electron chi connectivity index (χ4n) is 2.08. The lowest BCUT2D eigenvalue weighted by Crippen LogP contribution is -2.00. The molecule has 0 bridgehead atoms. The Morgan fingerprint density at radius 3 is 3.00 bits per heavy atom. The van der Waals surface area contributed by atoms with Crippen molar-refractivity contribution in [1.29, 1.82) is 0 Å². The van der Waals surface area contributed by atoms with Crippen molar-refractivity contribution in [3.8, 4) is 0 Å². The molecule has 0 amide bonds. The Balaban J connectivity index is 1.60. The van der Waals surface area contributed by atoms with Crippen molar-refractivity contribution < 1.29 is 0 Å². The molecule has 1 aliphatic rings. The normalized spacial score (nSPS) is 16.6. The number of fused-ring (bicyclic) bond motifs is 1. The van der Waals surface area contributed by atoms with Crippen LogP contribution in [0.3, 0.4) is 0 Å². The van der Waals surface area contributed by atoms with E-state index in [1.807, 2.05) is 10.7 Å². The van der Waals surface area contributed by atoms with Gasteiger partial charge in [-0.1, -0.05) is 23.9 Å². The van der Waals surface area contributed by atoms with Crippen LogP contribution < -0.4 is 0 Å². The van der Waals surface area contributed by atoms with Crippen LogP contribution in [-0.2, 0) is 0 Å². The number of hydrogen-bond donors (Lipinski definition) is 0. The third kappa shape index (κ3) is 2.20. The van der Waals surface area contributed by atoms with Gasteiger partial charge in [0.05, 0.1) is 21.5 Å². The maximum absolute atomic E-state index is 4.70. The van der Waals surface area contributed by atoms with Crippen molar-refractivity contribution >= 4 is 33.3 Å². The second-order valence-corrected chi connectivity index (χ2v) is 7.29. The van der Waals surface area contributed by atoms with Gasteiger partial charge in [0, 0.05) is 0 Å². The largest absolute Gasteiger partial charge is 0.240 e. The smallest absolute Gasteiger partial charge is 0.210 e. The van der Waals surface area contributed by atoms with Crippen LogP contribution in [0.15, 0.2) is 29.4 Å². The molecule has 1 aliphatic carbocycles. The summed E-state index contributed by atoms with van der Waals surface area (Å²) in [5.41, 5.74) is 1.07. The molecule has 1 aromatic carbocycles. The summed E-state index contributed by atoms with van der Waals surface area (Å²) in [6, 6.07) is 8.76. The lowest BCUT2D eigenvalue weighted by atomic mass is 10.3. The van der Waals surface area contributed by atoms with E-state index in [9.17, 15) is 0 Å². The first-order chi connectivity index (χ1) is 9.81. The molecule has 0 N–H and O–H groups in total. The molecule has 5 nitrogen and oxygen atoms in total. The molecule has 0 saturated heterocycles. The zero-order valence-electron chi connectivity index (χ0n) is 10.9. The lowest BCUT2D eigenvalue weighted by Gasteiger charge is -2.07. The SMILES string of the molecule is C[C@@H](Sc1nnnn1C1CC1)c1nc2ccccc2s1. The van der Waals surface area contributed by atoms with Crippen LogP contribution >= 0.6 is 23.1 Å². The number of rotatable bonds is 4. The van der Waals surface area contributed by atoms with E-state index in [0.717, 1.165) is 15.7 Å². The average molecular weight is 303 g/mol. The summed E-state index contributed by atoms with van der Waals surface area (Å²) in [6.45, 7) is 2.16. The van der Waals surface area contributed by atoms with Gasteiger partial charge >= 0.3 is 0 Å². The van der Waals surface area contributed by atoms with E-state index in [1.165, 1.54) is 17.5 Å². The number of para-hydroxylation sites is 1. The maximum Gasteiger partial charge on any atom is 0.210 e. The highest BCUT2D eigenvalue weighted by Gasteiger charge is 2.29. The highest BCUT2D eigenvalue weighted by atomic mass is 32.2. The van der Waals surface area contributed by atoms with E-state index in [1.54, 1.807) is 23.1 Å². The molecule has 102 valence electrons. The summed E-state index contributed by atoms with van der Waals surface area (Å²) >= 11 is 3.44. The molecule has 0 unspecified atom stereocenters. The monoisotopic (exact) mass is 303 g/mol. The van der Waals surface area contributed by atoms with Crippen molar-refractivity contribution in [1.82, 2.24) is 25.2 Å². The number of nitrogens with zero attached hydrogens (tertiary/aromatic N) is 5. The van der Waals surface area contributed by atoms with Gasteiger partial charge in [0.1, 0.15) is 5.01 Å². The predicted octanol–water partition coefficient (Wildman–Crippen LogP) is 3.47. The Kier molecular flexibility index (Phi) is 2.96. The molecule has 1 fully saturated rings. The number of benzene rings is 1. The highest BCUT2D eigenvalue weighted by Crippen LogP contribution is 2.41. The molecule has 3 aromatic rings. The Morgan fingerprint density at radius 1 is 1.35 bits per heavy atom. The minimum Gasteiger partial charge on any atom is -0.240 e. The topological polar surface area (TPSA) is 56.5 Å². The van der Waals surface area contributed by atoms with Gasteiger partial charge in [-0.3, -0.25) is 0 Å². The lowest BCUT2D eigenvalue weighted by molar-refractivity contribution is 0.565. The molecule has 20 heavy (non-hydrogen) atoms. The van der Waals surface area contributed by atoms with Crippen LogP contribution in [0.5, 0.6) is 0 Å². The second-order valence-electron chi connectivity index (χ2n) is 4.92. The van der Waals surface area contributed by atoms with Crippen LogP contribution in [0, 0.1) is 0 Å². The molecule has 7 heteroatoms. The van der Waals surface area contributed by atoms with E-state index in [-0.39, 0.29) is 5.25 Å². The van der Waals surface area contributed by atoms with Gasteiger partial charge in [-0.15, -0.1) is 16.4 Å². The molecule has 4 rings (SSSR count). The zero-order valence-corrected chi connectivity index (χ0v) is 12.6. The Hall–Kier alpha value is -1.47. The third-order valence-electron chi connectivity index (χ3n) is 3.30. The van der Waals surface area contributed by atoms with Crippen molar-refractivity contribution in [3.05, 3.63) is 29.3 Å². The second kappa shape index (κ2) is 4.82. The first kappa shape index (κ1) is 12.3. The predicted molar refractivity (Wildman–Crippen MR) is 80.0 cm³/mol. The number of thiazole rings is 1. The average Bonchev–Trinajstić information content (AvgIpc) is 3.04. The van der Waals surface area contributed by atoms with Crippen molar-refractivity contribution in [3.63, 3.8) is 0 Å². The van der Waals surface area contributed by atoms with E-state index in [0.29, 0.717) is 6.04 Å². The quantitative estimate of drug-likeness (QED) is 0.691. The van der Waals surface area contributed by atoms with E-state index >= 15 is 0 Å². The fraction of sp³-hybridized carbons (Fsp3) is 0.385. The van der Waals surface area contributed by atoms with Crippen LogP contribution in [0.25, 0.3) is 10.2 Å². The van der Waals surface area contributed by atoms with Gasteiger partial charge in [-0.25, -0.2) is 9.67 Å². The summed E-state index contributed by atoms with van der Waals surface area (Å²) < 4.78 is 3.19. The third-order valence-corrected chi connectivity index (χ3v) is 5.72. The van der Waals surface area contributed by atoms with Crippen LogP contribution in [-0.4, -0.2) is 25.2 Å². The van der Waals surface area contributed by atoms with Gasteiger partial charge in [0.15, 0.2) is 0 Å². The summed E-state index contributed by atoms with van der Waals surface area (Å²) in [4.78, 5) is 4.70. The van der Waals surface area contributed by atoms with Gasteiger partial charge in [0.25, 0.3) is 0 Å². The molecule has 1 atom stereocenters. The molecule has 0 spiro atoms. The van der Waals surface area contributed by atoms with E-state index < -0.39 is 0 Å². The molecule has 1 saturated carbocycles. The van der Waals surface area contributed by atoms with E-state index in [2.05, 4.69) is 40.6 Å². The fourth-order valence-corrected chi connectivity index (χ4v) is 4.12. The van der Waals surface area contributed by atoms with Crippen molar-refractivity contribution in [2.24, 2.45) is 0 Å². The summed E-state index contributed by atoms with van der Waals surface area (Å²) in [5, 5.41) is 14.3. The minimum absolute atomic E-state index is 0.260. The number of tetrazole rings is 1. The summed E-state index contributed by atoms with van der Waals surface area (Å²) in [7, 11) is 0. The summed E-state index contributed by atoms with van der Waals surface area (Å²) in [6.07, 6.45) is 2.38. The minimum atomic E-state index is 0.260. The van der Waals surface area contributed by atoms with Crippen LogP contribution in [0.2, 0.25) is 0 Å². The van der Waals surface area contributed by atoms with Gasteiger partial charge < -0.3 is 0 Å². The summed E-state index contributed by atoms with van der Waals surface area (Å²) in [5.74, 6) is 0. The Bertz CT molecular complexity index is 713. The zero-order chi connectivity index (χ0) is 13.5. The molecule has 0 radical (unpaired) electrons. The Morgan fingerprint density at radius 2 is 2.20 bits per heavy atom. The molecule has 0 aliphatic heterocycles. The standard InChI is InChI=1S/C13H13N5S2/c1-8(12-14-10-4-2-3-5-11(10)20-12)19-13-15-16-17-18(13)9-6-7-9/h2-5,8-9H,6-7H2,1H3/t8-/m1/s1. The molecule has 2 heterocycles. The number of hydrogen-bond acceptors (Lipinski definition) is 6. The molecular formula is C13H13N5S2. The van der Waals surface area contributed by atoms with Gasteiger partial charge in [-0.05, 0) is 42.3 Å². The molecular weight excluding hydrogens is 290 g/mol. The highest BCUT2D eigenvalue weighted by molar-refractivity contribution is 7.99. The Labute approximate surface area is 124 Å². The molecule has 2 aromatic heterocycles. The van der Waals surface area contributed by atoms with Crippen LogP contribution in [0.1, 0.15) is 36.1 Å². The van der Waals surface area contributed by atoms with Gasteiger partial charge in [-0.2, -0.15) is 0 Å². The number of thioether (sulfide) groups is 1. The van der Waals surface area contributed by atoms with Gasteiger partial charge in [0.2, 0.25) is 5.16 Å².